The van der Waals surface area contributed by atoms with Gasteiger partial charge >= 0.3 is 0 Å². The minimum absolute atomic E-state index is 0.571. The van der Waals surface area contributed by atoms with Crippen LogP contribution in [0.4, 0.5) is 0 Å². The minimum atomic E-state index is -0.571. The van der Waals surface area contributed by atoms with E-state index in [1.165, 1.54) is 0 Å². The zero-order valence-corrected chi connectivity index (χ0v) is 6.76. The summed E-state index contributed by atoms with van der Waals surface area (Å²) >= 11 is 6.97. The molecular formula is CH5INPS. The Morgan fingerprint density at radius 2 is 2.20 bits per heavy atom. The summed E-state index contributed by atoms with van der Waals surface area (Å²) in [4.78, 5) is 0. The van der Waals surface area contributed by atoms with Crippen LogP contribution in [0.2, 0.25) is 0 Å². The van der Waals surface area contributed by atoms with Crippen molar-refractivity contribution in [2.45, 2.75) is 0 Å². The van der Waals surface area contributed by atoms with E-state index in [9.17, 15) is 0 Å². The molecule has 0 aliphatic carbocycles. The van der Waals surface area contributed by atoms with Gasteiger partial charge in [-0.05, 0) is 29.1 Å². The van der Waals surface area contributed by atoms with E-state index in [4.69, 9.17) is 11.8 Å². The fraction of sp³-hybridized carbons (Fsp3) is 1.00. The normalized spacial score (nSPS) is 14.8. The molecule has 1 nitrogen and oxygen atoms in total. The molecule has 0 fully saturated rings. The van der Waals surface area contributed by atoms with Crippen LogP contribution in [-0.2, 0) is 11.8 Å². The van der Waals surface area contributed by atoms with Crippen LogP contribution in [0.1, 0.15) is 0 Å². The zero-order chi connectivity index (χ0) is 4.28. The molecule has 0 heterocycles. The smallest absolute Gasteiger partial charge is 0.0574 e. The van der Waals surface area contributed by atoms with Gasteiger partial charge in [-0.25, -0.2) is 0 Å². The summed E-state index contributed by atoms with van der Waals surface area (Å²) in [6.45, 7) is 0. The molecular weight excluding hydrogens is 216 g/mol. The first-order valence-electron chi connectivity index (χ1n) is 1.14. The Hall–Kier alpha value is 1.34. The number of halogens is 1. The topological polar surface area (TPSA) is 12.0 Å². The van der Waals surface area contributed by atoms with E-state index < -0.39 is 4.49 Å². The lowest BCUT2D eigenvalue weighted by atomic mass is 11.6. The summed E-state index contributed by atoms with van der Waals surface area (Å²) < 4.78 is -0.571. The van der Waals surface area contributed by atoms with Crippen LogP contribution in [0.15, 0.2) is 0 Å². The molecule has 0 aliphatic rings. The second-order valence-corrected chi connectivity index (χ2v) is 8.23. The Balaban J connectivity index is 2.85. The van der Waals surface area contributed by atoms with Crippen LogP contribution in [-0.4, -0.2) is 7.05 Å². The predicted molar refractivity (Wildman–Crippen MR) is 38.8 cm³/mol. The molecule has 0 spiro atoms. The van der Waals surface area contributed by atoms with Gasteiger partial charge < -0.3 is 0 Å². The molecule has 4 heteroatoms. The van der Waals surface area contributed by atoms with Crippen molar-refractivity contribution in [3.63, 3.8) is 0 Å². The van der Waals surface area contributed by atoms with Crippen LogP contribution < -0.4 is 5.09 Å². The monoisotopic (exact) mass is 221 g/mol. The van der Waals surface area contributed by atoms with Crippen molar-refractivity contribution >= 4 is 38.3 Å². The van der Waals surface area contributed by atoms with Crippen LogP contribution >= 0.6 is 26.5 Å². The average Bonchev–Trinajstić information content (AvgIpc) is 1.38. The quantitative estimate of drug-likeness (QED) is 0.526. The molecule has 0 amide bonds. The summed E-state index contributed by atoms with van der Waals surface area (Å²) in [5.41, 5.74) is 0. The van der Waals surface area contributed by atoms with E-state index in [1.54, 1.807) is 0 Å². The van der Waals surface area contributed by atoms with Crippen molar-refractivity contribution in [2.24, 2.45) is 0 Å². The summed E-state index contributed by atoms with van der Waals surface area (Å²) in [6, 6.07) is 0. The van der Waals surface area contributed by atoms with E-state index in [0.717, 1.165) is 0 Å². The molecule has 0 bridgehead atoms. The maximum Gasteiger partial charge on any atom is 0.0574 e. The molecule has 0 aliphatic heterocycles. The molecule has 1 unspecified atom stereocenters. The van der Waals surface area contributed by atoms with Gasteiger partial charge in [-0.3, -0.25) is 5.09 Å². The highest BCUT2D eigenvalue weighted by atomic mass is 127. The molecule has 0 aromatic rings. The molecule has 0 saturated carbocycles. The standard InChI is InChI=1S/CH5INPS/c1-3-4(2)5/h4H,1H3,(H,3,5). The van der Waals surface area contributed by atoms with Gasteiger partial charge in [0.05, 0.1) is 4.49 Å². The highest BCUT2D eigenvalue weighted by Gasteiger charge is 1.67. The molecule has 1 N–H and O–H groups in total. The van der Waals surface area contributed by atoms with Gasteiger partial charge in [-0.1, -0.05) is 11.8 Å². The highest BCUT2D eigenvalue weighted by Crippen LogP contribution is 2.23. The maximum absolute atomic E-state index is 4.76. The molecule has 0 rings (SSSR count). The van der Waals surface area contributed by atoms with E-state index in [2.05, 4.69) is 27.1 Å². The molecule has 0 radical (unpaired) electrons. The highest BCUT2D eigenvalue weighted by molar-refractivity contribution is 14.2. The number of nitrogens with one attached hydrogen (secondary N) is 1. The van der Waals surface area contributed by atoms with Gasteiger partial charge in [0.2, 0.25) is 0 Å². The second-order valence-electron chi connectivity index (χ2n) is 0.524. The Morgan fingerprint density at radius 3 is 2.20 bits per heavy atom. The van der Waals surface area contributed by atoms with Gasteiger partial charge in [0.25, 0.3) is 0 Å². The Bertz CT molecular complexity index is 46.9. The van der Waals surface area contributed by atoms with Crippen molar-refractivity contribution in [3.05, 3.63) is 0 Å². The third-order valence-electron chi connectivity index (χ3n) is 0.197. The molecule has 1 atom stereocenters. The number of hydrogen-bond acceptors (Lipinski definition) is 1. The van der Waals surface area contributed by atoms with Gasteiger partial charge in [0.1, 0.15) is 0 Å². The average molecular weight is 221 g/mol. The SMILES string of the molecule is CN[PH](=S)I. The first kappa shape index (κ1) is 6.34. The van der Waals surface area contributed by atoms with E-state index >= 15 is 0 Å². The van der Waals surface area contributed by atoms with Gasteiger partial charge in [0.15, 0.2) is 0 Å². The van der Waals surface area contributed by atoms with Crippen LogP contribution in [0.25, 0.3) is 0 Å². The summed E-state index contributed by atoms with van der Waals surface area (Å²) in [6.07, 6.45) is 0. The van der Waals surface area contributed by atoms with Crippen molar-refractivity contribution in [2.75, 3.05) is 7.05 Å². The lowest BCUT2D eigenvalue weighted by molar-refractivity contribution is 1.30. The first-order valence-corrected chi connectivity index (χ1v) is 6.89. The zero-order valence-electron chi connectivity index (χ0n) is 2.79. The Morgan fingerprint density at radius 1 is 2.00 bits per heavy atom. The van der Waals surface area contributed by atoms with Gasteiger partial charge in [0, 0.05) is 0 Å². The minimum Gasteiger partial charge on any atom is -0.286 e. The fourth-order valence-electron chi connectivity index (χ4n) is 0. The van der Waals surface area contributed by atoms with Gasteiger partial charge in [-0.2, -0.15) is 0 Å². The lowest BCUT2D eigenvalue weighted by Gasteiger charge is -1.81. The summed E-state index contributed by atoms with van der Waals surface area (Å²) in [7, 11) is 1.88. The fourth-order valence-corrected chi connectivity index (χ4v) is 0. The van der Waals surface area contributed by atoms with Crippen LogP contribution in [0.3, 0.4) is 0 Å². The molecule has 0 aromatic heterocycles. The third kappa shape index (κ3) is 5.34. The second kappa shape index (κ2) is 3.53. The Kier molecular flexibility index (Phi) is 4.47. The third-order valence-corrected chi connectivity index (χ3v) is 2.82. The van der Waals surface area contributed by atoms with Crippen molar-refractivity contribution < 1.29 is 0 Å². The van der Waals surface area contributed by atoms with Crippen molar-refractivity contribution in [1.29, 1.82) is 0 Å². The molecule has 0 aromatic carbocycles. The summed E-state index contributed by atoms with van der Waals surface area (Å²) in [5, 5.41) is 2.93. The molecule has 5 heavy (non-hydrogen) atoms. The Labute approximate surface area is 50.5 Å². The predicted octanol–water partition coefficient (Wildman–Crippen LogP) is 1.15. The van der Waals surface area contributed by atoms with Crippen molar-refractivity contribution in [1.82, 2.24) is 5.09 Å². The van der Waals surface area contributed by atoms with Crippen LogP contribution in [0.5, 0.6) is 0 Å². The van der Waals surface area contributed by atoms with E-state index in [-0.39, 0.29) is 0 Å². The van der Waals surface area contributed by atoms with Gasteiger partial charge in [-0.15, -0.1) is 0 Å². The number of rotatable bonds is 1. The largest absolute Gasteiger partial charge is 0.286 e. The summed E-state index contributed by atoms with van der Waals surface area (Å²) in [5.74, 6) is 0. The first-order chi connectivity index (χ1) is 2.27. The van der Waals surface area contributed by atoms with Crippen molar-refractivity contribution in [3.8, 4) is 0 Å². The van der Waals surface area contributed by atoms with Crippen LogP contribution in [0, 0.1) is 0 Å². The molecule has 32 valence electrons. The molecule has 0 saturated heterocycles. The number of hydrogen-bond donors (Lipinski definition) is 1. The lowest BCUT2D eigenvalue weighted by Crippen LogP contribution is -1.82. The van der Waals surface area contributed by atoms with E-state index in [1.807, 2.05) is 7.05 Å². The maximum atomic E-state index is 4.76. The van der Waals surface area contributed by atoms with E-state index in [0.29, 0.717) is 0 Å².